The van der Waals surface area contributed by atoms with Gasteiger partial charge in [0.1, 0.15) is 0 Å². The first-order valence-electron chi connectivity index (χ1n) is 33.8. The van der Waals surface area contributed by atoms with Gasteiger partial charge in [0, 0.05) is 0 Å². The normalized spacial score (nSPS) is 13.1. The third-order valence-electron chi connectivity index (χ3n) is 19.3. The van der Waals surface area contributed by atoms with Gasteiger partial charge in [-0.2, -0.15) is 0 Å². The van der Waals surface area contributed by atoms with E-state index in [2.05, 4.69) is 348 Å². The molecule has 0 heteroatoms. The lowest BCUT2D eigenvalue weighted by Crippen LogP contribution is -2.16. The molecule has 0 saturated carbocycles. The summed E-state index contributed by atoms with van der Waals surface area (Å²) in [6, 6.07) is 67.1. The lowest BCUT2D eigenvalue weighted by molar-refractivity contribution is 0.568. The maximum Gasteiger partial charge on any atom is -0.00143 e. The fourth-order valence-corrected chi connectivity index (χ4v) is 13.0. The average Bonchev–Trinajstić information content (AvgIpc) is 0.732. The minimum Gasteiger partial charge on any atom is -0.0984 e. The Labute approximate surface area is 556 Å². The molecule has 0 atom stereocenters. The van der Waals surface area contributed by atoms with Crippen LogP contribution in [0.3, 0.4) is 0 Å². The van der Waals surface area contributed by atoms with Crippen LogP contribution in [0.15, 0.2) is 183 Å². The molecule has 474 valence electrons. The highest BCUT2D eigenvalue weighted by Gasteiger charge is 2.29. The molecule has 0 aliphatic heterocycles. The van der Waals surface area contributed by atoms with Crippen LogP contribution in [0, 0.1) is 0 Å². The molecule has 10 rings (SSSR count). The summed E-state index contributed by atoms with van der Waals surface area (Å²) in [4.78, 5) is 0. The molecule has 0 unspecified atom stereocenters. The highest BCUT2D eigenvalue weighted by Crippen LogP contribution is 2.50. The van der Waals surface area contributed by atoms with Crippen LogP contribution in [0.2, 0.25) is 0 Å². The smallest absolute Gasteiger partial charge is 0.00143 e. The van der Waals surface area contributed by atoms with E-state index >= 15 is 0 Å². The zero-order valence-corrected chi connectivity index (χ0v) is 60.7. The second-order valence-corrected chi connectivity index (χ2v) is 35.1. The Morgan fingerprint density at radius 1 is 0.217 bits per heavy atom. The highest BCUT2D eigenvalue weighted by atomic mass is 14.3. The molecule has 0 aromatic heterocycles. The first-order valence-corrected chi connectivity index (χ1v) is 33.8. The van der Waals surface area contributed by atoms with Crippen LogP contribution in [0.5, 0.6) is 0 Å². The van der Waals surface area contributed by atoms with Crippen molar-refractivity contribution in [3.05, 3.63) is 239 Å². The van der Waals surface area contributed by atoms with Crippen LogP contribution >= 0.6 is 0 Å². The third kappa shape index (κ3) is 13.8. The summed E-state index contributed by atoms with van der Waals surface area (Å²) in [6.45, 7) is 65.8. The van der Waals surface area contributed by atoms with Gasteiger partial charge in [-0.3, -0.25) is 0 Å². The Bertz CT molecular complexity index is 3910. The van der Waals surface area contributed by atoms with Crippen molar-refractivity contribution in [3.8, 4) is 77.9 Å². The van der Waals surface area contributed by atoms with E-state index in [9.17, 15) is 0 Å². The van der Waals surface area contributed by atoms with Crippen LogP contribution in [0.1, 0.15) is 222 Å². The van der Waals surface area contributed by atoms with Gasteiger partial charge >= 0.3 is 0 Å². The first-order chi connectivity index (χ1) is 42.5. The average molecular weight is 1210 g/mol. The monoisotopic (exact) mass is 1210 g/mol. The molecule has 0 radical (unpaired) electrons. The Hall–Kier alpha value is -7.80. The lowest BCUT2D eigenvalue weighted by atomic mass is 9.77. The van der Waals surface area contributed by atoms with E-state index in [1.165, 1.54) is 111 Å². The topological polar surface area (TPSA) is 0 Å². The van der Waals surface area contributed by atoms with Gasteiger partial charge in [0.05, 0.1) is 0 Å². The Morgan fingerprint density at radius 3 is 0.598 bits per heavy atom. The zero-order valence-electron chi connectivity index (χ0n) is 60.7. The minimum atomic E-state index is -0.0638. The summed E-state index contributed by atoms with van der Waals surface area (Å²) in [5.74, 6) is 0. The molecule has 0 heterocycles. The van der Waals surface area contributed by atoms with Crippen molar-refractivity contribution >= 4 is 33.7 Å². The SMILES string of the molecule is C=Cc1c(-c2cc(-c3cc(C(C)(C)C)cc(C(C)(C)C)c3)cc(-c3cc(C(C)(C)C)cc(C(C)(C)C)c3)c2)cc2ccccc2c1-c1c(C=C)c(-c2cc(-c3cc(C(C)(C)C)cc(C(C)(C)C)c3)cc(-c3cc(C(C)(C)C)cc(C(C)(C)C)c3)c2)cc2ccccc12. The van der Waals surface area contributed by atoms with E-state index in [4.69, 9.17) is 13.2 Å². The van der Waals surface area contributed by atoms with Gasteiger partial charge in [0.25, 0.3) is 0 Å². The number of benzene rings is 10. The summed E-state index contributed by atoms with van der Waals surface area (Å²) in [6.07, 6.45) is 4.27. The molecule has 0 fully saturated rings. The van der Waals surface area contributed by atoms with E-state index in [1.807, 2.05) is 0 Å². The third-order valence-corrected chi connectivity index (χ3v) is 19.3. The Morgan fingerprint density at radius 2 is 0.402 bits per heavy atom. The van der Waals surface area contributed by atoms with E-state index in [0.29, 0.717) is 0 Å². The second-order valence-electron chi connectivity index (χ2n) is 35.1. The highest BCUT2D eigenvalue weighted by molar-refractivity contribution is 6.15. The predicted octanol–water partition coefficient (Wildman–Crippen LogP) is 27.3. The van der Waals surface area contributed by atoms with Gasteiger partial charge < -0.3 is 0 Å². The Kier molecular flexibility index (Phi) is 17.2. The fourth-order valence-electron chi connectivity index (χ4n) is 13.0. The lowest BCUT2D eigenvalue weighted by Gasteiger charge is -2.27. The van der Waals surface area contributed by atoms with Crippen molar-refractivity contribution in [2.24, 2.45) is 0 Å². The van der Waals surface area contributed by atoms with Crippen LogP contribution in [-0.2, 0) is 43.3 Å². The second kappa shape index (κ2) is 23.6. The number of rotatable bonds is 9. The minimum absolute atomic E-state index is 0.0638. The number of hydrogen-bond donors (Lipinski definition) is 0. The molecule has 0 amide bonds. The maximum atomic E-state index is 4.80. The van der Waals surface area contributed by atoms with Crippen molar-refractivity contribution in [3.63, 3.8) is 0 Å². The predicted molar refractivity (Wildman–Crippen MR) is 409 cm³/mol. The van der Waals surface area contributed by atoms with Gasteiger partial charge in [-0.25, -0.2) is 0 Å². The van der Waals surface area contributed by atoms with Crippen molar-refractivity contribution < 1.29 is 0 Å². The first kappa shape index (κ1) is 67.1. The summed E-state index contributed by atoms with van der Waals surface area (Å²) < 4.78 is 0. The standard InChI is InChI=1S/C92H106/c1-27-77-81(67-39-59(63-43-69(85(3,4)5)53-70(44-63)86(6,7)8)37-60(40-67)64-45-71(87(9,10)11)54-72(46-64)88(12,13)14)51-57-33-29-31-35-79(57)83(77)84-78(28-2)82(52-58-34-30-32-36-80(58)84)68-41-61(65-47-73(89(15,16)17)55-74(48-65)90(18,19)20)38-62(42-68)66-49-75(91(21,22)23)56-76(50-66)92(24,25)26/h27-56H,1-2H2,3-26H3. The molecule has 0 nitrogen and oxygen atoms in total. The molecule has 0 spiro atoms. The number of hydrogen-bond acceptors (Lipinski definition) is 0. The maximum absolute atomic E-state index is 4.80. The van der Waals surface area contributed by atoms with Crippen LogP contribution in [0.25, 0.3) is 112 Å². The van der Waals surface area contributed by atoms with Gasteiger partial charge in [0.15, 0.2) is 0 Å². The molecule has 0 aliphatic carbocycles. The quantitative estimate of drug-likeness (QED) is 0.135. The molecule has 0 N–H and O–H groups in total. The van der Waals surface area contributed by atoms with E-state index < -0.39 is 0 Å². The zero-order chi connectivity index (χ0) is 67.4. The van der Waals surface area contributed by atoms with Crippen molar-refractivity contribution in [2.45, 2.75) is 209 Å². The van der Waals surface area contributed by atoms with Gasteiger partial charge in [-0.05, 0) is 247 Å². The molecule has 0 saturated heterocycles. The van der Waals surface area contributed by atoms with Gasteiger partial charge in [0.2, 0.25) is 0 Å². The molecular formula is C92H106. The van der Waals surface area contributed by atoms with Crippen molar-refractivity contribution in [2.75, 3.05) is 0 Å². The van der Waals surface area contributed by atoms with Crippen LogP contribution < -0.4 is 0 Å². The van der Waals surface area contributed by atoms with E-state index in [1.54, 1.807) is 0 Å². The summed E-state index contributed by atoms with van der Waals surface area (Å²) in [5, 5.41) is 4.68. The molecule has 10 aromatic carbocycles. The molecular weight excluding hydrogens is 1110 g/mol. The molecule has 92 heavy (non-hydrogen) atoms. The van der Waals surface area contributed by atoms with Crippen molar-refractivity contribution in [1.82, 2.24) is 0 Å². The number of fused-ring (bicyclic) bond motifs is 2. The summed E-state index contributed by atoms with van der Waals surface area (Å²) >= 11 is 0. The van der Waals surface area contributed by atoms with Gasteiger partial charge in [-0.15, -0.1) is 0 Å². The Balaban J connectivity index is 1.34. The van der Waals surface area contributed by atoms with Crippen molar-refractivity contribution in [1.29, 1.82) is 0 Å². The fraction of sp³-hybridized carbons (Fsp3) is 0.348. The van der Waals surface area contributed by atoms with E-state index in [0.717, 1.165) is 44.5 Å². The van der Waals surface area contributed by atoms with Gasteiger partial charge in [-0.1, -0.05) is 313 Å². The summed E-state index contributed by atoms with van der Waals surface area (Å²) in [5.41, 5.74) is 28.9. The van der Waals surface area contributed by atoms with Crippen LogP contribution in [0.4, 0.5) is 0 Å². The molecule has 0 bridgehead atoms. The molecule has 0 aliphatic rings. The summed E-state index contributed by atoms with van der Waals surface area (Å²) in [7, 11) is 0. The van der Waals surface area contributed by atoms with Crippen LogP contribution in [-0.4, -0.2) is 0 Å². The molecule has 10 aromatic rings. The van der Waals surface area contributed by atoms with E-state index in [-0.39, 0.29) is 43.3 Å². The largest absolute Gasteiger partial charge is 0.0984 e.